The van der Waals surface area contributed by atoms with Crippen LogP contribution in [0.4, 0.5) is 15.4 Å². The molecule has 8 nitrogen and oxygen atoms in total. The van der Waals surface area contributed by atoms with Crippen molar-refractivity contribution < 1.29 is 28.4 Å². The lowest BCUT2D eigenvalue weighted by Crippen LogP contribution is -2.44. The summed E-state index contributed by atoms with van der Waals surface area (Å²) in [6.07, 6.45) is -0.602. The summed E-state index contributed by atoms with van der Waals surface area (Å²) in [5.74, 6) is -0.279. The van der Waals surface area contributed by atoms with Crippen LogP contribution in [0.2, 0.25) is 0 Å². The molecule has 8 heteroatoms. The number of nitrogens with zero attached hydrogens (tertiary/aromatic N) is 2. The molecule has 0 N–H and O–H groups in total. The molecule has 0 atom stereocenters. The molecule has 0 fully saturated rings. The average molecular weight is 312 g/mol. The van der Waals surface area contributed by atoms with Gasteiger partial charge in [0.1, 0.15) is 17.5 Å². The van der Waals surface area contributed by atoms with Crippen molar-refractivity contribution in [2.45, 2.75) is 52.7 Å². The van der Waals surface area contributed by atoms with Gasteiger partial charge in [-0.05, 0) is 41.5 Å². The fraction of sp³-hybridized carbons (Fsp3) is 0.571. The first-order valence-electron chi connectivity index (χ1n) is 6.60. The topological polar surface area (TPSA) is 98.9 Å². The van der Waals surface area contributed by atoms with Crippen LogP contribution in [0.5, 0.6) is 0 Å². The number of carbonyl (C=O) groups excluding carboxylic acids is 3. The van der Waals surface area contributed by atoms with Crippen LogP contribution in [0.25, 0.3) is 0 Å². The van der Waals surface area contributed by atoms with Gasteiger partial charge < -0.3 is 14.0 Å². The SMILES string of the molecule is CC(C)(C)OC(=O)N(C(=O)OC(C)(C)C)c1nocc1C=O. The lowest BCUT2D eigenvalue weighted by atomic mass is 10.2. The van der Waals surface area contributed by atoms with Crippen LogP contribution in [0.3, 0.4) is 0 Å². The molecule has 0 aliphatic heterocycles. The maximum absolute atomic E-state index is 12.3. The highest BCUT2D eigenvalue weighted by Crippen LogP contribution is 2.22. The summed E-state index contributed by atoms with van der Waals surface area (Å²) in [6, 6.07) is 0. The van der Waals surface area contributed by atoms with Crippen molar-refractivity contribution >= 4 is 24.3 Å². The van der Waals surface area contributed by atoms with Crippen LogP contribution in [0.15, 0.2) is 10.8 Å². The summed E-state index contributed by atoms with van der Waals surface area (Å²) in [7, 11) is 0. The Bertz CT molecular complexity index is 537. The summed E-state index contributed by atoms with van der Waals surface area (Å²) in [6.45, 7) is 9.84. The third-order valence-electron chi connectivity index (χ3n) is 2.07. The number of aromatic nitrogens is 1. The number of amides is 2. The molecule has 0 radical (unpaired) electrons. The van der Waals surface area contributed by atoms with Crippen LogP contribution in [0.1, 0.15) is 51.9 Å². The molecule has 0 saturated heterocycles. The Balaban J connectivity index is 3.19. The molecule has 0 bridgehead atoms. The minimum Gasteiger partial charge on any atom is -0.443 e. The second-order valence-corrected chi connectivity index (χ2v) is 6.51. The van der Waals surface area contributed by atoms with Gasteiger partial charge in [-0.2, -0.15) is 4.90 Å². The lowest BCUT2D eigenvalue weighted by molar-refractivity contribution is 0.0427. The quantitative estimate of drug-likeness (QED) is 0.773. The van der Waals surface area contributed by atoms with Gasteiger partial charge in [-0.25, -0.2) is 9.59 Å². The fourth-order valence-electron chi connectivity index (χ4n) is 1.35. The first kappa shape index (κ1) is 17.7. The van der Waals surface area contributed by atoms with E-state index in [1.165, 1.54) is 0 Å². The van der Waals surface area contributed by atoms with Gasteiger partial charge in [0.2, 0.25) is 5.82 Å². The number of carbonyl (C=O) groups is 3. The summed E-state index contributed by atoms with van der Waals surface area (Å²) in [4.78, 5) is 36.0. The highest BCUT2D eigenvalue weighted by atomic mass is 16.6. The fourth-order valence-corrected chi connectivity index (χ4v) is 1.35. The molecule has 0 unspecified atom stereocenters. The molecule has 0 aliphatic carbocycles. The van der Waals surface area contributed by atoms with Crippen molar-refractivity contribution in [1.29, 1.82) is 0 Å². The Labute approximate surface area is 128 Å². The van der Waals surface area contributed by atoms with E-state index in [4.69, 9.17) is 9.47 Å². The Morgan fingerprint density at radius 2 is 1.55 bits per heavy atom. The van der Waals surface area contributed by atoms with E-state index < -0.39 is 23.4 Å². The Kier molecular flexibility index (Phi) is 4.95. The standard InChI is InChI=1S/C14H20N2O6/c1-13(2,3)21-11(18)16(12(19)22-14(4,5)6)10-9(7-17)8-20-15-10/h7-8H,1-6H3. The molecule has 1 aromatic rings. The minimum atomic E-state index is -1.02. The number of anilines is 1. The normalized spacial score (nSPS) is 11.7. The molecule has 0 saturated carbocycles. The van der Waals surface area contributed by atoms with Gasteiger partial charge in [0.15, 0.2) is 6.29 Å². The van der Waals surface area contributed by atoms with Gasteiger partial charge in [0.25, 0.3) is 0 Å². The molecule has 0 aliphatic rings. The molecule has 1 aromatic heterocycles. The van der Waals surface area contributed by atoms with Crippen molar-refractivity contribution in [1.82, 2.24) is 5.16 Å². The first-order chi connectivity index (χ1) is 9.94. The van der Waals surface area contributed by atoms with E-state index in [1.807, 2.05) is 0 Å². The van der Waals surface area contributed by atoms with Gasteiger partial charge in [-0.3, -0.25) is 4.79 Å². The summed E-state index contributed by atoms with van der Waals surface area (Å²) >= 11 is 0. The van der Waals surface area contributed by atoms with Gasteiger partial charge in [-0.15, -0.1) is 0 Å². The summed E-state index contributed by atoms with van der Waals surface area (Å²) in [5.41, 5.74) is -1.76. The molecule has 1 heterocycles. The highest BCUT2D eigenvalue weighted by Gasteiger charge is 2.36. The first-order valence-corrected chi connectivity index (χ1v) is 6.60. The third kappa shape index (κ3) is 4.87. The van der Waals surface area contributed by atoms with Crippen LogP contribution in [-0.2, 0) is 9.47 Å². The molecular formula is C14H20N2O6. The molecular weight excluding hydrogens is 292 g/mol. The van der Waals surface area contributed by atoms with E-state index in [0.29, 0.717) is 11.2 Å². The van der Waals surface area contributed by atoms with E-state index >= 15 is 0 Å². The Morgan fingerprint density at radius 1 is 1.09 bits per heavy atom. The van der Waals surface area contributed by atoms with Crippen molar-refractivity contribution in [3.05, 3.63) is 11.8 Å². The van der Waals surface area contributed by atoms with Gasteiger partial charge in [0, 0.05) is 0 Å². The smallest absolute Gasteiger partial charge is 0.425 e. The number of ether oxygens (including phenoxy) is 2. The number of imide groups is 1. The lowest BCUT2D eigenvalue weighted by Gasteiger charge is -2.27. The maximum atomic E-state index is 12.3. The molecule has 122 valence electrons. The number of hydrogen-bond donors (Lipinski definition) is 0. The van der Waals surface area contributed by atoms with Crippen LogP contribution in [-0.4, -0.2) is 34.8 Å². The monoisotopic (exact) mass is 312 g/mol. The molecule has 2 amide bonds. The van der Waals surface area contributed by atoms with E-state index in [9.17, 15) is 14.4 Å². The third-order valence-corrected chi connectivity index (χ3v) is 2.07. The summed E-state index contributed by atoms with van der Waals surface area (Å²) in [5, 5.41) is 3.51. The largest absolute Gasteiger partial charge is 0.443 e. The van der Waals surface area contributed by atoms with Crippen LogP contribution < -0.4 is 4.90 Å². The summed E-state index contributed by atoms with van der Waals surface area (Å²) < 4.78 is 14.9. The van der Waals surface area contributed by atoms with Gasteiger partial charge >= 0.3 is 12.2 Å². The zero-order valence-corrected chi connectivity index (χ0v) is 13.5. The van der Waals surface area contributed by atoms with Gasteiger partial charge in [-0.1, -0.05) is 5.16 Å². The zero-order valence-electron chi connectivity index (χ0n) is 13.5. The zero-order chi connectivity index (χ0) is 17.1. The highest BCUT2D eigenvalue weighted by molar-refractivity contribution is 6.10. The predicted octanol–water partition coefficient (Wildman–Crippen LogP) is 3.16. The van der Waals surface area contributed by atoms with Crippen molar-refractivity contribution in [2.75, 3.05) is 4.90 Å². The molecule has 22 heavy (non-hydrogen) atoms. The number of aldehydes is 1. The molecule has 0 aromatic carbocycles. The van der Waals surface area contributed by atoms with Crippen LogP contribution >= 0.6 is 0 Å². The number of hydrogen-bond acceptors (Lipinski definition) is 7. The van der Waals surface area contributed by atoms with E-state index in [1.54, 1.807) is 41.5 Å². The van der Waals surface area contributed by atoms with Crippen molar-refractivity contribution in [2.24, 2.45) is 0 Å². The molecule has 0 spiro atoms. The van der Waals surface area contributed by atoms with E-state index in [-0.39, 0.29) is 11.4 Å². The predicted molar refractivity (Wildman–Crippen MR) is 76.8 cm³/mol. The average Bonchev–Trinajstić information content (AvgIpc) is 2.72. The second kappa shape index (κ2) is 6.17. The minimum absolute atomic E-state index is 0.0725. The Morgan fingerprint density at radius 3 is 1.91 bits per heavy atom. The Hall–Kier alpha value is -2.38. The number of rotatable bonds is 2. The molecule has 1 rings (SSSR count). The maximum Gasteiger partial charge on any atom is 0.425 e. The second-order valence-electron chi connectivity index (χ2n) is 6.51. The van der Waals surface area contributed by atoms with Crippen LogP contribution in [0, 0.1) is 0 Å². The van der Waals surface area contributed by atoms with E-state index in [0.717, 1.165) is 6.26 Å². The van der Waals surface area contributed by atoms with Crippen molar-refractivity contribution in [3.8, 4) is 0 Å². The van der Waals surface area contributed by atoms with Crippen molar-refractivity contribution in [3.63, 3.8) is 0 Å². The van der Waals surface area contributed by atoms with Gasteiger partial charge in [0.05, 0.1) is 5.56 Å². The van der Waals surface area contributed by atoms with E-state index in [2.05, 4.69) is 9.68 Å².